The summed E-state index contributed by atoms with van der Waals surface area (Å²) in [5.41, 5.74) is 7.47. The summed E-state index contributed by atoms with van der Waals surface area (Å²) >= 11 is 0. The summed E-state index contributed by atoms with van der Waals surface area (Å²) in [5.74, 6) is 2.60. The van der Waals surface area contributed by atoms with Gasteiger partial charge in [0, 0.05) is 25.0 Å². The Balaban J connectivity index is 0.900. The molecular formula is C50H63N7O2. The largest absolute Gasteiger partial charge is 0.340 e. The maximum Gasteiger partial charge on any atom is 0.231 e. The first kappa shape index (κ1) is 40.7. The average molecular weight is 794 g/mol. The van der Waals surface area contributed by atoms with Crippen LogP contribution in [0.15, 0.2) is 91.3 Å². The van der Waals surface area contributed by atoms with Crippen molar-refractivity contribution in [3.63, 3.8) is 0 Å². The number of carbonyl (C=O) groups is 2. The molecule has 2 N–H and O–H groups in total. The van der Waals surface area contributed by atoms with Gasteiger partial charge in [-0.1, -0.05) is 119 Å². The van der Waals surface area contributed by atoms with Crippen molar-refractivity contribution >= 4 is 11.8 Å². The summed E-state index contributed by atoms with van der Waals surface area (Å²) in [6.45, 7) is 12.6. The van der Waals surface area contributed by atoms with Gasteiger partial charge >= 0.3 is 0 Å². The maximum absolute atomic E-state index is 14.3. The predicted octanol–water partition coefficient (Wildman–Crippen LogP) is 10.6. The highest BCUT2D eigenvalue weighted by atomic mass is 16.2. The molecule has 2 amide bonds. The van der Waals surface area contributed by atoms with Crippen LogP contribution in [0.1, 0.15) is 127 Å². The van der Waals surface area contributed by atoms with Gasteiger partial charge in [-0.25, -0.2) is 9.97 Å². The minimum Gasteiger partial charge on any atom is -0.340 e. The second kappa shape index (κ2) is 18.5. The molecule has 310 valence electrons. The van der Waals surface area contributed by atoms with E-state index in [-0.39, 0.29) is 29.8 Å². The summed E-state index contributed by atoms with van der Waals surface area (Å²) in [4.78, 5) is 51.7. The molecule has 2 saturated heterocycles. The van der Waals surface area contributed by atoms with Gasteiger partial charge in [0.25, 0.3) is 0 Å². The summed E-state index contributed by atoms with van der Waals surface area (Å²) in [6, 6.07) is 28.1. The Kier molecular flexibility index (Phi) is 12.8. The summed E-state index contributed by atoms with van der Waals surface area (Å²) < 4.78 is 0. The van der Waals surface area contributed by atoms with Crippen LogP contribution in [-0.2, 0) is 9.59 Å². The molecular weight excluding hydrogens is 731 g/mol. The number of amides is 2. The second-order valence-electron chi connectivity index (χ2n) is 17.1. The van der Waals surface area contributed by atoms with Crippen LogP contribution in [0.2, 0.25) is 0 Å². The molecule has 3 aliphatic rings. The SMILES string of the molecule is CCC(CC)[C@@H](C(=O)N1CCC[C@H]1c1ncc(-c2ccc(-c3ccc(-c4cnc([C@@H]5CCCN5C(=O)C5CCC(N(CC)CC)CC5)[nH]4)cc3)cc2)[nH]1)c1ccccc1. The zero-order valence-electron chi connectivity index (χ0n) is 35.6. The molecule has 3 atom stereocenters. The van der Waals surface area contributed by atoms with Gasteiger partial charge in [0.15, 0.2) is 0 Å². The number of likely N-dealkylation sites (tertiary alicyclic amines) is 2. The number of aromatic nitrogens is 4. The normalized spacial score (nSPS) is 21.5. The Morgan fingerprint density at radius 2 is 1.14 bits per heavy atom. The highest BCUT2D eigenvalue weighted by molar-refractivity contribution is 5.85. The van der Waals surface area contributed by atoms with E-state index < -0.39 is 0 Å². The molecule has 1 saturated carbocycles. The van der Waals surface area contributed by atoms with Gasteiger partial charge in [-0.15, -0.1) is 0 Å². The van der Waals surface area contributed by atoms with Gasteiger partial charge in [0.05, 0.1) is 41.8 Å². The summed E-state index contributed by atoms with van der Waals surface area (Å²) in [7, 11) is 0. The van der Waals surface area contributed by atoms with Gasteiger partial charge in [-0.05, 0) is 98.2 Å². The van der Waals surface area contributed by atoms with Crippen LogP contribution in [0, 0.1) is 11.8 Å². The van der Waals surface area contributed by atoms with Crippen molar-refractivity contribution in [3.8, 4) is 33.6 Å². The lowest BCUT2D eigenvalue weighted by molar-refractivity contribution is -0.138. The van der Waals surface area contributed by atoms with E-state index in [1.165, 1.54) is 0 Å². The number of aromatic amines is 2. The van der Waals surface area contributed by atoms with E-state index in [4.69, 9.17) is 9.97 Å². The first-order valence-electron chi connectivity index (χ1n) is 22.6. The van der Waals surface area contributed by atoms with Crippen LogP contribution in [0.5, 0.6) is 0 Å². The van der Waals surface area contributed by atoms with Gasteiger partial charge in [-0.3, -0.25) is 9.59 Å². The molecule has 0 radical (unpaired) electrons. The molecule has 0 unspecified atom stereocenters. The van der Waals surface area contributed by atoms with Crippen LogP contribution in [0.4, 0.5) is 0 Å². The molecule has 0 spiro atoms. The zero-order chi connectivity index (χ0) is 40.9. The fourth-order valence-electron chi connectivity index (χ4n) is 10.5. The number of imidazole rings is 2. The molecule has 59 heavy (non-hydrogen) atoms. The quantitative estimate of drug-likeness (QED) is 0.117. The Morgan fingerprint density at radius 1 is 0.644 bits per heavy atom. The maximum atomic E-state index is 14.3. The number of nitrogens with zero attached hydrogens (tertiary/aromatic N) is 5. The van der Waals surface area contributed by atoms with Crippen molar-refractivity contribution < 1.29 is 9.59 Å². The van der Waals surface area contributed by atoms with Crippen LogP contribution < -0.4 is 0 Å². The van der Waals surface area contributed by atoms with Crippen molar-refractivity contribution in [1.29, 1.82) is 0 Å². The second-order valence-corrected chi connectivity index (χ2v) is 17.1. The molecule has 2 aliphatic heterocycles. The number of hydrogen-bond acceptors (Lipinski definition) is 5. The lowest BCUT2D eigenvalue weighted by Crippen LogP contribution is -2.42. The first-order chi connectivity index (χ1) is 28.9. The number of H-pyrrole nitrogens is 2. The number of hydrogen-bond donors (Lipinski definition) is 2. The molecule has 0 bridgehead atoms. The number of carbonyl (C=O) groups excluding carboxylic acids is 2. The van der Waals surface area contributed by atoms with E-state index in [2.05, 4.69) is 113 Å². The van der Waals surface area contributed by atoms with Crippen molar-refractivity contribution in [2.75, 3.05) is 26.2 Å². The zero-order valence-corrected chi connectivity index (χ0v) is 35.6. The standard InChI is InChI=1S/C50H63N7O2/c1-5-34(6-2)46(39-14-10-9-11-15-39)50(59)57-31-13-17-45(57)48-52-33-43(54-48)38-24-20-36(21-25-38)35-18-22-37(23-19-35)42-32-51-47(53-42)44-16-12-30-56(44)49(58)40-26-28-41(29-27-40)55(7-3)8-4/h9-11,14-15,18-25,32-34,40-41,44-46H,5-8,12-13,16-17,26-31H2,1-4H3,(H,51,53)(H,52,54)/t40?,41?,44-,45-,46+/m0/s1. The van der Waals surface area contributed by atoms with Crippen LogP contribution in [-0.4, -0.2) is 78.7 Å². The van der Waals surface area contributed by atoms with Crippen molar-refractivity contribution in [2.24, 2.45) is 11.8 Å². The highest BCUT2D eigenvalue weighted by Gasteiger charge is 2.39. The van der Waals surface area contributed by atoms with E-state index >= 15 is 0 Å². The topological polar surface area (TPSA) is 101 Å². The fourth-order valence-corrected chi connectivity index (χ4v) is 10.5. The predicted molar refractivity (Wildman–Crippen MR) is 236 cm³/mol. The van der Waals surface area contributed by atoms with E-state index in [9.17, 15) is 9.59 Å². The lowest BCUT2D eigenvalue weighted by Gasteiger charge is -2.37. The van der Waals surface area contributed by atoms with Crippen LogP contribution in [0.3, 0.4) is 0 Å². The fraction of sp³-hybridized carbons (Fsp3) is 0.480. The minimum absolute atomic E-state index is 0.0198. The molecule has 2 aromatic heterocycles. The molecule has 9 nitrogen and oxygen atoms in total. The summed E-state index contributed by atoms with van der Waals surface area (Å²) in [5, 5.41) is 0. The minimum atomic E-state index is -0.141. The lowest BCUT2D eigenvalue weighted by atomic mass is 9.81. The Bertz CT molecular complexity index is 2130. The molecule has 4 heterocycles. The van der Waals surface area contributed by atoms with Gasteiger partial charge in [0.2, 0.25) is 11.8 Å². The number of rotatable bonds is 14. The Morgan fingerprint density at radius 3 is 1.64 bits per heavy atom. The van der Waals surface area contributed by atoms with Crippen molar-refractivity contribution in [3.05, 3.63) is 108 Å². The molecule has 3 aromatic carbocycles. The average Bonchev–Trinajstić information content (AvgIpc) is 4.14. The monoisotopic (exact) mass is 794 g/mol. The Labute approximate surface area is 351 Å². The molecule has 1 aliphatic carbocycles. The van der Waals surface area contributed by atoms with E-state index in [0.29, 0.717) is 17.9 Å². The summed E-state index contributed by atoms with van der Waals surface area (Å²) in [6.07, 6.45) is 13.8. The van der Waals surface area contributed by atoms with Crippen LogP contribution >= 0.6 is 0 Å². The van der Waals surface area contributed by atoms with Gasteiger partial charge < -0.3 is 24.7 Å². The Hall–Kier alpha value is -5.02. The third-order valence-corrected chi connectivity index (χ3v) is 13.9. The molecule has 9 heteroatoms. The molecule has 8 rings (SSSR count). The smallest absolute Gasteiger partial charge is 0.231 e. The van der Waals surface area contributed by atoms with E-state index in [1.54, 1.807) is 0 Å². The molecule has 3 fully saturated rings. The number of nitrogens with one attached hydrogen (secondary N) is 2. The van der Waals surface area contributed by atoms with Crippen molar-refractivity contribution in [1.82, 2.24) is 34.6 Å². The first-order valence-corrected chi connectivity index (χ1v) is 22.6. The third kappa shape index (κ3) is 8.54. The number of benzene rings is 3. The molecule has 5 aromatic rings. The van der Waals surface area contributed by atoms with E-state index in [0.717, 1.165) is 141 Å². The highest BCUT2D eigenvalue weighted by Crippen LogP contribution is 2.40. The van der Waals surface area contributed by atoms with Crippen LogP contribution in [0.25, 0.3) is 33.6 Å². The van der Waals surface area contributed by atoms with E-state index in [1.807, 2.05) is 30.6 Å². The van der Waals surface area contributed by atoms with Gasteiger partial charge in [-0.2, -0.15) is 0 Å². The third-order valence-electron chi connectivity index (χ3n) is 13.9. The van der Waals surface area contributed by atoms with Crippen molar-refractivity contribution in [2.45, 2.75) is 116 Å². The van der Waals surface area contributed by atoms with Gasteiger partial charge in [0.1, 0.15) is 11.6 Å².